The fourth-order valence-electron chi connectivity index (χ4n) is 1.70. The van der Waals surface area contributed by atoms with E-state index in [9.17, 15) is 14.0 Å². The molecular weight excluding hydrogens is 313 g/mol. The molecule has 0 radical (unpaired) electrons. The molecule has 22 heavy (non-hydrogen) atoms. The average Bonchev–Trinajstić information content (AvgIpc) is 2.41. The number of carbonyl (C=O) groups is 2. The van der Waals surface area contributed by atoms with Crippen LogP contribution >= 0.6 is 11.6 Å². The second kappa shape index (κ2) is 6.75. The van der Waals surface area contributed by atoms with Crippen LogP contribution in [0.1, 0.15) is 37.8 Å². The molecule has 7 heteroatoms. The zero-order chi connectivity index (χ0) is 17.1. The van der Waals surface area contributed by atoms with Gasteiger partial charge in [0, 0.05) is 0 Å². The topological polar surface area (TPSA) is 76.4 Å². The summed E-state index contributed by atoms with van der Waals surface area (Å²) >= 11 is 5.85. The van der Waals surface area contributed by atoms with Crippen molar-refractivity contribution in [1.29, 1.82) is 5.26 Å². The zero-order valence-electron chi connectivity index (χ0n) is 12.6. The van der Waals surface area contributed by atoms with Crippen LogP contribution in [0.2, 0.25) is 5.02 Å². The molecule has 0 fully saturated rings. The molecule has 0 aliphatic heterocycles. The van der Waals surface area contributed by atoms with E-state index >= 15 is 0 Å². The van der Waals surface area contributed by atoms with Gasteiger partial charge in [0.25, 0.3) is 0 Å². The highest BCUT2D eigenvalue weighted by Crippen LogP contribution is 2.31. The predicted octanol–water partition coefficient (Wildman–Crippen LogP) is 2.95. The Morgan fingerprint density at radius 3 is 2.36 bits per heavy atom. The van der Waals surface area contributed by atoms with Crippen molar-refractivity contribution in [2.24, 2.45) is 0 Å². The van der Waals surface area contributed by atoms with Crippen molar-refractivity contribution in [2.45, 2.75) is 32.3 Å². The predicted molar refractivity (Wildman–Crippen MR) is 76.7 cm³/mol. The van der Waals surface area contributed by atoms with Crippen LogP contribution in [0, 0.1) is 17.1 Å². The summed E-state index contributed by atoms with van der Waals surface area (Å²) in [4.78, 5) is 24.1. The van der Waals surface area contributed by atoms with Crippen LogP contribution in [0.25, 0.3) is 0 Å². The Balaban J connectivity index is 3.37. The Kier molecular flexibility index (Phi) is 5.50. The first-order valence-electron chi connectivity index (χ1n) is 6.31. The molecule has 0 aromatic heterocycles. The molecule has 0 spiro atoms. The second-order valence-electron chi connectivity index (χ2n) is 5.43. The highest BCUT2D eigenvalue weighted by Gasteiger charge is 2.36. The van der Waals surface area contributed by atoms with Crippen LogP contribution in [0.15, 0.2) is 12.1 Å². The fraction of sp³-hybridized carbons (Fsp3) is 0.400. The maximum Gasteiger partial charge on any atom is 0.325 e. The van der Waals surface area contributed by atoms with Crippen LogP contribution in [-0.2, 0) is 19.1 Å². The second-order valence-corrected chi connectivity index (χ2v) is 5.81. The quantitative estimate of drug-likeness (QED) is 0.630. The van der Waals surface area contributed by atoms with Gasteiger partial charge in [-0.2, -0.15) is 5.26 Å². The molecule has 0 saturated carbocycles. The third-order valence-electron chi connectivity index (χ3n) is 2.62. The molecule has 0 aliphatic carbocycles. The third-order valence-corrected chi connectivity index (χ3v) is 3.01. The van der Waals surface area contributed by atoms with E-state index in [1.54, 1.807) is 26.8 Å². The molecule has 0 saturated heterocycles. The highest BCUT2D eigenvalue weighted by atomic mass is 35.5. The van der Waals surface area contributed by atoms with Crippen molar-refractivity contribution in [3.63, 3.8) is 0 Å². The van der Waals surface area contributed by atoms with E-state index in [1.165, 1.54) is 6.07 Å². The summed E-state index contributed by atoms with van der Waals surface area (Å²) < 4.78 is 23.6. The van der Waals surface area contributed by atoms with Crippen molar-refractivity contribution in [1.82, 2.24) is 0 Å². The first-order chi connectivity index (χ1) is 10.1. The van der Waals surface area contributed by atoms with Crippen molar-refractivity contribution < 1.29 is 23.5 Å². The standard InChI is InChI=1S/C15H15ClFNO4/c1-15(2,3)22-14(20)10(13(19)21-4)9-6-5-8(7-18)12(17)11(9)16/h5-6,10H,1-4H3/t10-/m0/s1. The lowest BCUT2D eigenvalue weighted by molar-refractivity contribution is -0.163. The summed E-state index contributed by atoms with van der Waals surface area (Å²) in [5, 5.41) is 8.27. The van der Waals surface area contributed by atoms with E-state index in [2.05, 4.69) is 4.74 Å². The molecular formula is C15H15ClFNO4. The van der Waals surface area contributed by atoms with Crippen LogP contribution in [0.4, 0.5) is 4.39 Å². The number of nitrogens with zero attached hydrogens (tertiary/aromatic N) is 1. The number of esters is 2. The van der Waals surface area contributed by atoms with Gasteiger partial charge in [-0.25, -0.2) is 4.39 Å². The molecule has 0 bridgehead atoms. The fourth-order valence-corrected chi connectivity index (χ4v) is 1.98. The lowest BCUT2D eigenvalue weighted by Crippen LogP contribution is -2.32. The summed E-state index contributed by atoms with van der Waals surface area (Å²) in [5.74, 6) is -4.37. The van der Waals surface area contributed by atoms with Gasteiger partial charge in [-0.3, -0.25) is 9.59 Å². The van der Waals surface area contributed by atoms with E-state index in [-0.39, 0.29) is 11.1 Å². The molecule has 5 nitrogen and oxygen atoms in total. The Morgan fingerprint density at radius 1 is 1.32 bits per heavy atom. The average molecular weight is 328 g/mol. The number of carbonyl (C=O) groups excluding carboxylic acids is 2. The number of hydrogen-bond donors (Lipinski definition) is 0. The van der Waals surface area contributed by atoms with Gasteiger partial charge < -0.3 is 9.47 Å². The van der Waals surface area contributed by atoms with Gasteiger partial charge in [0.2, 0.25) is 0 Å². The molecule has 0 unspecified atom stereocenters. The van der Waals surface area contributed by atoms with Gasteiger partial charge in [-0.1, -0.05) is 17.7 Å². The number of ether oxygens (including phenoxy) is 2. The molecule has 1 rings (SSSR count). The van der Waals surface area contributed by atoms with Gasteiger partial charge in [-0.05, 0) is 32.4 Å². The number of methoxy groups -OCH3 is 1. The molecule has 0 amide bonds. The Bertz CT molecular complexity index is 646. The smallest absolute Gasteiger partial charge is 0.325 e. The molecule has 0 heterocycles. The van der Waals surface area contributed by atoms with Crippen molar-refractivity contribution >= 4 is 23.5 Å². The van der Waals surface area contributed by atoms with E-state index < -0.39 is 34.3 Å². The molecule has 0 N–H and O–H groups in total. The summed E-state index contributed by atoms with van der Waals surface area (Å²) in [7, 11) is 1.09. The summed E-state index contributed by atoms with van der Waals surface area (Å²) in [6, 6.07) is 3.99. The molecule has 1 aromatic rings. The number of hydrogen-bond acceptors (Lipinski definition) is 5. The van der Waals surface area contributed by atoms with Gasteiger partial charge in [0.15, 0.2) is 11.7 Å². The minimum atomic E-state index is -1.53. The summed E-state index contributed by atoms with van der Waals surface area (Å²) in [6.45, 7) is 4.88. The Morgan fingerprint density at radius 2 is 1.91 bits per heavy atom. The minimum Gasteiger partial charge on any atom is -0.468 e. The van der Waals surface area contributed by atoms with Gasteiger partial charge >= 0.3 is 11.9 Å². The minimum absolute atomic E-state index is 0.112. The molecule has 118 valence electrons. The number of nitriles is 1. The van der Waals surface area contributed by atoms with Crippen molar-refractivity contribution in [2.75, 3.05) is 7.11 Å². The number of halogens is 2. The van der Waals surface area contributed by atoms with Gasteiger partial charge in [0.1, 0.15) is 11.7 Å². The van der Waals surface area contributed by atoms with Crippen LogP contribution in [0.3, 0.4) is 0 Å². The Labute approximate surface area is 132 Å². The first kappa shape index (κ1) is 17.9. The van der Waals surface area contributed by atoms with Crippen molar-refractivity contribution in [3.8, 4) is 6.07 Å². The maximum atomic E-state index is 13.9. The lowest BCUT2D eigenvalue weighted by atomic mass is 9.97. The van der Waals surface area contributed by atoms with Gasteiger partial charge in [-0.15, -0.1) is 0 Å². The van der Waals surface area contributed by atoms with Crippen LogP contribution in [-0.4, -0.2) is 24.6 Å². The summed E-state index contributed by atoms with van der Waals surface area (Å²) in [5.41, 5.74) is -1.25. The SMILES string of the molecule is COC(=O)[C@@H](C(=O)OC(C)(C)C)c1ccc(C#N)c(F)c1Cl. The highest BCUT2D eigenvalue weighted by molar-refractivity contribution is 6.32. The number of rotatable bonds is 3. The molecule has 1 atom stereocenters. The normalized spacial score (nSPS) is 12.2. The largest absolute Gasteiger partial charge is 0.468 e. The Hall–Kier alpha value is -2.13. The van der Waals surface area contributed by atoms with Crippen LogP contribution in [0.5, 0.6) is 0 Å². The van der Waals surface area contributed by atoms with Gasteiger partial charge in [0.05, 0.1) is 17.7 Å². The molecule has 1 aromatic carbocycles. The number of benzene rings is 1. The van der Waals surface area contributed by atoms with E-state index in [0.717, 1.165) is 13.2 Å². The monoisotopic (exact) mass is 327 g/mol. The van der Waals surface area contributed by atoms with E-state index in [1.807, 2.05) is 0 Å². The first-order valence-corrected chi connectivity index (χ1v) is 6.69. The zero-order valence-corrected chi connectivity index (χ0v) is 13.3. The maximum absolute atomic E-state index is 13.9. The molecule has 0 aliphatic rings. The van der Waals surface area contributed by atoms with Crippen LogP contribution < -0.4 is 0 Å². The van der Waals surface area contributed by atoms with E-state index in [4.69, 9.17) is 21.6 Å². The lowest BCUT2D eigenvalue weighted by Gasteiger charge is -2.23. The van der Waals surface area contributed by atoms with Crippen molar-refractivity contribution in [3.05, 3.63) is 34.1 Å². The third kappa shape index (κ3) is 3.95. The van der Waals surface area contributed by atoms with E-state index in [0.29, 0.717) is 0 Å². The summed E-state index contributed by atoms with van der Waals surface area (Å²) in [6.07, 6.45) is 0.